The van der Waals surface area contributed by atoms with Crippen molar-refractivity contribution in [2.24, 2.45) is 10.7 Å². The van der Waals surface area contributed by atoms with Crippen LogP contribution in [0, 0.1) is 11.3 Å². The van der Waals surface area contributed by atoms with Crippen LogP contribution in [-0.2, 0) is 12.8 Å². The third-order valence-corrected chi connectivity index (χ3v) is 6.12. The molecule has 4 rings (SSSR count). The first-order valence-electron chi connectivity index (χ1n) is 8.19. The SMILES string of the molecule is N#Cc1c(/N=c2\oc3ccc(Br)cc3cc2C(N)=O)sc2c1CCCC2. The van der Waals surface area contributed by atoms with Gasteiger partial charge in [-0.15, -0.1) is 11.3 Å². The second-order valence-electron chi connectivity index (χ2n) is 6.13. The molecule has 0 fully saturated rings. The second kappa shape index (κ2) is 6.71. The summed E-state index contributed by atoms with van der Waals surface area (Å²) in [6, 6.07) is 9.44. The number of aryl methyl sites for hydroxylation is 1. The molecule has 1 amide bonds. The van der Waals surface area contributed by atoms with E-state index in [1.165, 1.54) is 16.2 Å². The average molecular weight is 428 g/mol. The van der Waals surface area contributed by atoms with Crippen molar-refractivity contribution < 1.29 is 9.21 Å². The number of hydrogen-bond donors (Lipinski definition) is 1. The Balaban J connectivity index is 1.98. The van der Waals surface area contributed by atoms with Crippen molar-refractivity contribution in [1.82, 2.24) is 0 Å². The number of nitrogens with zero attached hydrogens (tertiary/aromatic N) is 2. The van der Waals surface area contributed by atoms with Crippen molar-refractivity contribution in [2.75, 3.05) is 0 Å². The van der Waals surface area contributed by atoms with E-state index in [4.69, 9.17) is 10.2 Å². The van der Waals surface area contributed by atoms with Crippen LogP contribution in [0.25, 0.3) is 11.0 Å². The largest absolute Gasteiger partial charge is 0.437 e. The lowest BCUT2D eigenvalue weighted by Crippen LogP contribution is -2.21. The molecule has 0 aliphatic heterocycles. The van der Waals surface area contributed by atoms with Gasteiger partial charge in [-0.3, -0.25) is 4.79 Å². The van der Waals surface area contributed by atoms with Gasteiger partial charge in [-0.1, -0.05) is 15.9 Å². The van der Waals surface area contributed by atoms with Crippen LogP contribution in [0.3, 0.4) is 0 Å². The summed E-state index contributed by atoms with van der Waals surface area (Å²) >= 11 is 4.90. The van der Waals surface area contributed by atoms with Crippen molar-refractivity contribution in [3.8, 4) is 6.07 Å². The zero-order valence-electron chi connectivity index (χ0n) is 13.7. The Kier molecular flexibility index (Phi) is 4.39. The van der Waals surface area contributed by atoms with E-state index in [0.717, 1.165) is 41.1 Å². The highest BCUT2D eigenvalue weighted by molar-refractivity contribution is 9.10. The molecule has 5 nitrogen and oxygen atoms in total. The van der Waals surface area contributed by atoms with Crippen LogP contribution in [0.1, 0.15) is 39.2 Å². The minimum absolute atomic E-state index is 0.141. The molecule has 0 bridgehead atoms. The van der Waals surface area contributed by atoms with Gasteiger partial charge in [0.1, 0.15) is 22.2 Å². The minimum atomic E-state index is -0.616. The van der Waals surface area contributed by atoms with Crippen LogP contribution in [0.15, 0.2) is 38.1 Å². The molecular formula is C19H14BrN3O2S. The van der Waals surface area contributed by atoms with Crippen LogP contribution < -0.4 is 11.3 Å². The quantitative estimate of drug-likeness (QED) is 0.658. The number of primary amides is 1. The third-order valence-electron chi connectivity index (χ3n) is 4.44. The molecule has 1 aliphatic carbocycles. The van der Waals surface area contributed by atoms with Crippen LogP contribution >= 0.6 is 27.3 Å². The smallest absolute Gasteiger partial charge is 0.254 e. The van der Waals surface area contributed by atoms with Crippen LogP contribution in [0.4, 0.5) is 5.00 Å². The molecule has 2 N–H and O–H groups in total. The Morgan fingerprint density at radius 3 is 2.88 bits per heavy atom. The number of halogens is 1. The van der Waals surface area contributed by atoms with E-state index >= 15 is 0 Å². The molecule has 1 aliphatic rings. The Hall–Kier alpha value is -2.43. The fourth-order valence-corrected chi connectivity index (χ4v) is 4.78. The van der Waals surface area contributed by atoms with E-state index in [0.29, 0.717) is 16.1 Å². The fraction of sp³-hybridized carbons (Fsp3) is 0.211. The first-order valence-corrected chi connectivity index (χ1v) is 9.80. The van der Waals surface area contributed by atoms with Crippen molar-refractivity contribution >= 4 is 49.1 Å². The molecule has 0 saturated carbocycles. The number of nitrogens with two attached hydrogens (primary N) is 1. The Bertz CT molecular complexity index is 1150. The van der Waals surface area contributed by atoms with E-state index in [9.17, 15) is 10.1 Å². The monoisotopic (exact) mass is 427 g/mol. The molecule has 3 aromatic rings. The van der Waals surface area contributed by atoms with E-state index in [2.05, 4.69) is 27.0 Å². The van der Waals surface area contributed by atoms with E-state index in [1.54, 1.807) is 12.1 Å². The average Bonchev–Trinajstić information content (AvgIpc) is 2.98. The number of benzene rings is 1. The highest BCUT2D eigenvalue weighted by Gasteiger charge is 2.21. The summed E-state index contributed by atoms with van der Waals surface area (Å²) in [5.74, 6) is -0.616. The minimum Gasteiger partial charge on any atom is -0.437 e. The maximum Gasteiger partial charge on any atom is 0.254 e. The van der Waals surface area contributed by atoms with Gasteiger partial charge in [0.2, 0.25) is 5.55 Å². The van der Waals surface area contributed by atoms with Gasteiger partial charge in [-0.05, 0) is 55.5 Å². The van der Waals surface area contributed by atoms with Gasteiger partial charge in [0.05, 0.1) is 5.56 Å². The molecule has 1 aromatic carbocycles. The normalized spacial score (nSPS) is 14.2. The van der Waals surface area contributed by atoms with Crippen molar-refractivity contribution in [2.45, 2.75) is 25.7 Å². The van der Waals surface area contributed by atoms with Crippen LogP contribution in [-0.4, -0.2) is 5.91 Å². The Morgan fingerprint density at radius 2 is 2.12 bits per heavy atom. The number of rotatable bonds is 2. The van der Waals surface area contributed by atoms with Crippen molar-refractivity contribution in [3.05, 3.63) is 55.9 Å². The maximum atomic E-state index is 11.9. The maximum absolute atomic E-state index is 11.9. The van der Waals surface area contributed by atoms with Gasteiger partial charge in [-0.2, -0.15) is 5.26 Å². The number of nitriles is 1. The molecule has 7 heteroatoms. The second-order valence-corrected chi connectivity index (χ2v) is 8.13. The summed E-state index contributed by atoms with van der Waals surface area (Å²) in [4.78, 5) is 17.7. The molecular weight excluding hydrogens is 414 g/mol. The fourth-order valence-electron chi connectivity index (χ4n) is 3.20. The standard InChI is InChI=1S/C19H14BrN3O2S/c20-11-5-6-15-10(7-11)8-13(17(22)24)18(25-15)23-19-14(9-21)12-3-1-2-4-16(12)26-19/h5-8H,1-4H2,(H2,22,24)/b23-18-. The lowest BCUT2D eigenvalue weighted by molar-refractivity contribution is 0.0996. The number of carbonyl (C=O) groups is 1. The summed E-state index contributed by atoms with van der Waals surface area (Å²) in [6.45, 7) is 0. The van der Waals surface area contributed by atoms with Gasteiger partial charge < -0.3 is 10.2 Å². The molecule has 0 saturated heterocycles. The highest BCUT2D eigenvalue weighted by Crippen LogP contribution is 2.39. The summed E-state index contributed by atoms with van der Waals surface area (Å²) in [6.07, 6.45) is 4.07. The van der Waals surface area contributed by atoms with Gasteiger partial charge >= 0.3 is 0 Å². The summed E-state index contributed by atoms with van der Waals surface area (Å²) in [7, 11) is 0. The Morgan fingerprint density at radius 1 is 1.31 bits per heavy atom. The summed E-state index contributed by atoms with van der Waals surface area (Å²) in [5.41, 5.74) is 8.15. The Labute approximate surface area is 161 Å². The third kappa shape index (κ3) is 2.96. The van der Waals surface area contributed by atoms with Gasteiger partial charge in [-0.25, -0.2) is 4.99 Å². The molecule has 0 unspecified atom stereocenters. The first-order chi connectivity index (χ1) is 12.6. The first kappa shape index (κ1) is 17.0. The summed E-state index contributed by atoms with van der Waals surface area (Å²) < 4.78 is 6.73. The van der Waals surface area contributed by atoms with E-state index in [-0.39, 0.29) is 11.1 Å². The zero-order chi connectivity index (χ0) is 18.3. The zero-order valence-corrected chi connectivity index (χ0v) is 16.1. The van der Waals surface area contributed by atoms with Crippen molar-refractivity contribution in [3.63, 3.8) is 0 Å². The lowest BCUT2D eigenvalue weighted by Gasteiger charge is -2.09. The van der Waals surface area contributed by atoms with E-state index in [1.807, 2.05) is 12.1 Å². The van der Waals surface area contributed by atoms with Gasteiger partial charge in [0.15, 0.2) is 0 Å². The highest BCUT2D eigenvalue weighted by atomic mass is 79.9. The van der Waals surface area contributed by atoms with Gasteiger partial charge in [0, 0.05) is 14.7 Å². The topological polar surface area (TPSA) is 92.4 Å². The number of hydrogen-bond acceptors (Lipinski definition) is 5. The molecule has 2 aromatic heterocycles. The molecule has 26 heavy (non-hydrogen) atoms. The molecule has 0 spiro atoms. The lowest BCUT2D eigenvalue weighted by atomic mass is 9.96. The number of carbonyl (C=O) groups excluding carboxylic acids is 1. The number of thiophene rings is 1. The summed E-state index contributed by atoms with van der Waals surface area (Å²) in [5, 5.41) is 10.9. The predicted molar refractivity (Wildman–Crippen MR) is 103 cm³/mol. The van der Waals surface area contributed by atoms with E-state index < -0.39 is 5.91 Å². The molecule has 0 atom stereocenters. The number of amides is 1. The van der Waals surface area contributed by atoms with Gasteiger partial charge in [0.25, 0.3) is 5.91 Å². The van der Waals surface area contributed by atoms with Crippen LogP contribution in [0.2, 0.25) is 0 Å². The number of fused-ring (bicyclic) bond motifs is 2. The van der Waals surface area contributed by atoms with Crippen LogP contribution in [0.5, 0.6) is 0 Å². The predicted octanol–water partition coefficient (Wildman–Crippen LogP) is 4.34. The molecule has 0 radical (unpaired) electrons. The molecule has 130 valence electrons. The molecule has 2 heterocycles. The van der Waals surface area contributed by atoms with Crippen molar-refractivity contribution in [1.29, 1.82) is 5.26 Å².